The zero-order valence-corrected chi connectivity index (χ0v) is 15.1. The number of carbonyl (C=O) groups is 1. The fraction of sp³-hybridized carbons (Fsp3) is 0.0455. The minimum atomic E-state index is -5.11. The highest BCUT2D eigenvalue weighted by Crippen LogP contribution is 2.43. The lowest BCUT2D eigenvalue weighted by atomic mass is 9.91. The minimum absolute atomic E-state index is 0.0749. The minimum Gasteiger partial charge on any atom is -0.398 e. The van der Waals surface area contributed by atoms with Crippen LogP contribution >= 0.6 is 0 Å². The van der Waals surface area contributed by atoms with Crippen LogP contribution in [0, 0.1) is 0 Å². The van der Waals surface area contributed by atoms with Crippen molar-refractivity contribution in [3.8, 4) is 11.1 Å². The Morgan fingerprint density at radius 1 is 0.759 bits per heavy atom. The lowest BCUT2D eigenvalue weighted by molar-refractivity contribution is -0.170. The van der Waals surface area contributed by atoms with Crippen LogP contribution in [0.15, 0.2) is 72.8 Å². The highest BCUT2D eigenvalue weighted by molar-refractivity contribution is 6.15. The fourth-order valence-corrected chi connectivity index (χ4v) is 3.54. The second kappa shape index (κ2) is 6.79. The molecule has 4 nitrogen and oxygen atoms in total. The molecule has 7 heteroatoms. The molecule has 29 heavy (non-hydrogen) atoms. The number of fused-ring (bicyclic) bond motifs is 2. The molecule has 0 aliphatic heterocycles. The van der Waals surface area contributed by atoms with Gasteiger partial charge < -0.3 is 5.73 Å². The van der Waals surface area contributed by atoms with E-state index in [1.54, 1.807) is 24.3 Å². The summed E-state index contributed by atoms with van der Waals surface area (Å²) < 4.78 is 39.2. The summed E-state index contributed by atoms with van der Waals surface area (Å²) in [4.78, 5) is 11.9. The van der Waals surface area contributed by atoms with Crippen LogP contribution in [0.5, 0.6) is 0 Å². The largest absolute Gasteiger partial charge is 0.473 e. The molecule has 4 aromatic rings. The van der Waals surface area contributed by atoms with Crippen molar-refractivity contribution in [3.05, 3.63) is 72.8 Å². The molecule has 4 aromatic carbocycles. The number of nitrogen functional groups attached to an aromatic ring is 1. The van der Waals surface area contributed by atoms with Gasteiger partial charge in [0.05, 0.1) is 5.69 Å². The quantitative estimate of drug-likeness (QED) is 0.217. The number of carbonyl (C=O) groups excluding carboxylic acids is 1. The first-order chi connectivity index (χ1) is 13.8. The van der Waals surface area contributed by atoms with E-state index in [9.17, 15) is 18.0 Å². The molecule has 0 saturated carbocycles. The van der Waals surface area contributed by atoms with Crippen molar-refractivity contribution < 1.29 is 18.0 Å². The molecule has 0 heterocycles. The third kappa shape index (κ3) is 3.15. The molecule has 0 radical (unpaired) electrons. The Balaban J connectivity index is 2.12. The Hall–Kier alpha value is -3.58. The molecule has 0 aromatic heterocycles. The number of amides is 1. The number of hydrogen-bond donors (Lipinski definition) is 2. The van der Waals surface area contributed by atoms with Gasteiger partial charge in [0.25, 0.3) is 0 Å². The smallest absolute Gasteiger partial charge is 0.398 e. The average molecular weight is 395 g/mol. The number of halogens is 3. The lowest BCUT2D eigenvalue weighted by Crippen LogP contribution is -2.46. The van der Waals surface area contributed by atoms with Crippen LogP contribution < -0.4 is 16.6 Å². The molecule has 0 spiro atoms. The molecule has 0 bridgehead atoms. The Bertz CT molecular complexity index is 1250. The maximum atomic E-state index is 13.1. The highest BCUT2D eigenvalue weighted by Gasteiger charge is 2.43. The summed E-state index contributed by atoms with van der Waals surface area (Å²) in [6.45, 7) is 0. The number of nitrogens with two attached hydrogens (primary N) is 2. The van der Waals surface area contributed by atoms with Crippen molar-refractivity contribution in [2.75, 3.05) is 10.7 Å². The lowest BCUT2D eigenvalue weighted by Gasteiger charge is -2.24. The van der Waals surface area contributed by atoms with E-state index in [4.69, 9.17) is 11.6 Å². The van der Waals surface area contributed by atoms with E-state index in [-0.39, 0.29) is 10.7 Å². The summed E-state index contributed by atoms with van der Waals surface area (Å²) >= 11 is 0. The second-order valence-corrected chi connectivity index (χ2v) is 6.60. The molecular formula is C22H16F3N3O. The molecule has 146 valence electrons. The Morgan fingerprint density at radius 2 is 1.28 bits per heavy atom. The van der Waals surface area contributed by atoms with Crippen LogP contribution in [0.25, 0.3) is 32.7 Å². The van der Waals surface area contributed by atoms with E-state index in [0.29, 0.717) is 22.2 Å². The number of benzene rings is 4. The standard InChI is InChI=1S/C22H16F3N3O/c23-22(24,25)21(29)28(27)18-12-10-14-6-2-4-8-16(14)20(18)19-15-7-3-1-5-13(15)9-11-17(19)26/h1-12H,26-27H2. The molecule has 0 atom stereocenters. The normalized spacial score (nSPS) is 11.7. The van der Waals surface area contributed by atoms with E-state index < -0.39 is 12.1 Å². The zero-order valence-electron chi connectivity index (χ0n) is 15.1. The van der Waals surface area contributed by atoms with Gasteiger partial charge in [-0.25, -0.2) is 10.9 Å². The van der Waals surface area contributed by atoms with E-state index in [0.717, 1.165) is 16.2 Å². The van der Waals surface area contributed by atoms with Gasteiger partial charge in [-0.1, -0.05) is 60.7 Å². The number of hydrogen-bond acceptors (Lipinski definition) is 3. The number of nitrogens with zero attached hydrogens (tertiary/aromatic N) is 1. The van der Waals surface area contributed by atoms with Gasteiger partial charge in [0, 0.05) is 16.8 Å². The summed E-state index contributed by atoms with van der Waals surface area (Å²) in [6.07, 6.45) is -5.11. The SMILES string of the molecule is Nc1ccc2ccccc2c1-c1c(N(N)C(=O)C(F)(F)F)ccc2ccccc12. The maximum absolute atomic E-state index is 13.1. The van der Waals surface area contributed by atoms with Crippen LogP contribution in [-0.2, 0) is 4.79 Å². The van der Waals surface area contributed by atoms with Gasteiger partial charge in [0.1, 0.15) is 0 Å². The summed E-state index contributed by atoms with van der Waals surface area (Å²) in [6, 6.07) is 21.1. The number of rotatable bonds is 2. The molecule has 4 N–H and O–H groups in total. The predicted octanol–water partition coefficient (Wildman–Crippen LogP) is 5.01. The van der Waals surface area contributed by atoms with Gasteiger partial charge in [-0.2, -0.15) is 13.2 Å². The van der Waals surface area contributed by atoms with E-state index in [1.165, 1.54) is 6.07 Å². The molecule has 0 unspecified atom stereocenters. The summed E-state index contributed by atoms with van der Waals surface area (Å²) in [7, 11) is 0. The first-order valence-electron chi connectivity index (χ1n) is 8.74. The predicted molar refractivity (Wildman–Crippen MR) is 109 cm³/mol. The molecular weight excluding hydrogens is 379 g/mol. The Kier molecular flexibility index (Phi) is 4.39. The molecule has 1 amide bonds. The highest BCUT2D eigenvalue weighted by atomic mass is 19.4. The first-order valence-corrected chi connectivity index (χ1v) is 8.74. The molecule has 0 aliphatic carbocycles. The van der Waals surface area contributed by atoms with Crippen molar-refractivity contribution in [2.24, 2.45) is 5.84 Å². The van der Waals surface area contributed by atoms with Crippen LogP contribution in [0.4, 0.5) is 24.5 Å². The molecule has 0 fully saturated rings. The van der Waals surface area contributed by atoms with Gasteiger partial charge in [0.2, 0.25) is 0 Å². The van der Waals surface area contributed by atoms with Crippen molar-refractivity contribution in [3.63, 3.8) is 0 Å². The second-order valence-electron chi connectivity index (χ2n) is 6.60. The topological polar surface area (TPSA) is 72.3 Å². The van der Waals surface area contributed by atoms with Crippen molar-refractivity contribution >= 4 is 38.8 Å². The average Bonchev–Trinajstić information content (AvgIpc) is 2.71. The Labute approximate surface area is 164 Å². The van der Waals surface area contributed by atoms with Crippen molar-refractivity contribution in [1.82, 2.24) is 0 Å². The van der Waals surface area contributed by atoms with Crippen molar-refractivity contribution in [2.45, 2.75) is 6.18 Å². The summed E-state index contributed by atoms with van der Waals surface area (Å²) in [5.41, 5.74) is 7.47. The number of hydrazine groups is 1. The number of anilines is 2. The van der Waals surface area contributed by atoms with Gasteiger partial charge in [-0.3, -0.25) is 4.79 Å². The van der Waals surface area contributed by atoms with Crippen LogP contribution in [-0.4, -0.2) is 12.1 Å². The van der Waals surface area contributed by atoms with E-state index >= 15 is 0 Å². The van der Waals surface area contributed by atoms with Crippen LogP contribution in [0.2, 0.25) is 0 Å². The van der Waals surface area contributed by atoms with Gasteiger partial charge >= 0.3 is 12.1 Å². The van der Waals surface area contributed by atoms with Crippen molar-refractivity contribution in [1.29, 1.82) is 0 Å². The summed E-state index contributed by atoms with van der Waals surface area (Å²) in [5, 5.41) is 3.17. The maximum Gasteiger partial charge on any atom is 0.473 e. The number of alkyl halides is 3. The van der Waals surface area contributed by atoms with E-state index in [2.05, 4.69) is 0 Å². The summed E-state index contributed by atoms with van der Waals surface area (Å²) in [5.74, 6) is 3.51. The first kappa shape index (κ1) is 18.8. The van der Waals surface area contributed by atoms with Gasteiger partial charge in [-0.05, 0) is 33.7 Å². The third-order valence-corrected chi connectivity index (χ3v) is 4.84. The monoisotopic (exact) mass is 395 g/mol. The third-order valence-electron chi connectivity index (χ3n) is 4.84. The Morgan fingerprint density at radius 3 is 1.86 bits per heavy atom. The van der Waals surface area contributed by atoms with Crippen LogP contribution in [0.3, 0.4) is 0 Å². The fourth-order valence-electron chi connectivity index (χ4n) is 3.54. The van der Waals surface area contributed by atoms with Crippen LogP contribution in [0.1, 0.15) is 0 Å². The molecule has 0 saturated heterocycles. The van der Waals surface area contributed by atoms with E-state index in [1.807, 2.05) is 42.5 Å². The van der Waals surface area contributed by atoms with Gasteiger partial charge in [-0.15, -0.1) is 0 Å². The zero-order chi connectivity index (χ0) is 20.8. The molecule has 4 rings (SSSR count). The molecule has 0 aliphatic rings. The van der Waals surface area contributed by atoms with Gasteiger partial charge in [0.15, 0.2) is 0 Å².